The Morgan fingerprint density at radius 3 is 2.66 bits per heavy atom. The van der Waals surface area contributed by atoms with Crippen molar-refractivity contribution in [3.8, 4) is 11.5 Å². The number of nitrogens with zero attached hydrogens (tertiary/aromatic N) is 3. The molecule has 2 aliphatic heterocycles. The molecule has 4 heterocycles. The van der Waals surface area contributed by atoms with Crippen molar-refractivity contribution in [1.82, 2.24) is 19.8 Å². The Hall–Kier alpha value is -2.61. The van der Waals surface area contributed by atoms with Crippen molar-refractivity contribution < 1.29 is 9.47 Å². The summed E-state index contributed by atoms with van der Waals surface area (Å²) in [6.45, 7) is 5.71. The van der Waals surface area contributed by atoms with Crippen LogP contribution in [-0.4, -0.2) is 53.3 Å². The molecule has 1 saturated heterocycles. The third-order valence-electron chi connectivity index (χ3n) is 6.22. The Bertz CT molecular complexity index is 1110. The van der Waals surface area contributed by atoms with E-state index in [1.165, 1.54) is 5.56 Å². The summed E-state index contributed by atoms with van der Waals surface area (Å²) in [5.74, 6) is 1.68. The monoisotopic (exact) mass is 456 g/mol. The molecule has 0 aliphatic carbocycles. The second-order valence-corrected chi connectivity index (χ2v) is 8.23. The van der Waals surface area contributed by atoms with Gasteiger partial charge < -0.3 is 24.3 Å². The highest BCUT2D eigenvalue weighted by Crippen LogP contribution is 2.30. The summed E-state index contributed by atoms with van der Waals surface area (Å²) >= 11 is 0. The van der Waals surface area contributed by atoms with Gasteiger partial charge in [0.05, 0.1) is 11.7 Å². The first-order chi connectivity index (χ1) is 15.3. The minimum Gasteiger partial charge on any atom is -0.486 e. The quantitative estimate of drug-likeness (QED) is 0.615. The predicted octanol–water partition coefficient (Wildman–Crippen LogP) is 2.84. The van der Waals surface area contributed by atoms with Gasteiger partial charge in [-0.1, -0.05) is 6.07 Å². The number of aromatic nitrogens is 2. The van der Waals surface area contributed by atoms with Crippen LogP contribution in [0.3, 0.4) is 0 Å². The van der Waals surface area contributed by atoms with Crippen LogP contribution in [0.5, 0.6) is 11.5 Å². The average Bonchev–Trinajstić information content (AvgIpc) is 2.82. The molecule has 0 radical (unpaired) electrons. The van der Waals surface area contributed by atoms with E-state index in [-0.39, 0.29) is 18.0 Å². The Morgan fingerprint density at radius 2 is 1.81 bits per heavy atom. The number of likely N-dealkylation sites (tertiary alicyclic amines) is 1. The van der Waals surface area contributed by atoms with E-state index in [4.69, 9.17) is 9.47 Å². The van der Waals surface area contributed by atoms with Crippen molar-refractivity contribution in [2.45, 2.75) is 32.0 Å². The Morgan fingerprint density at radius 1 is 1.00 bits per heavy atom. The number of pyridine rings is 2. The van der Waals surface area contributed by atoms with Crippen LogP contribution in [0.2, 0.25) is 0 Å². The molecule has 2 aromatic heterocycles. The van der Waals surface area contributed by atoms with Crippen LogP contribution in [-0.2, 0) is 13.1 Å². The minimum atomic E-state index is 0. The molecule has 0 bridgehead atoms. The lowest BCUT2D eigenvalue weighted by atomic mass is 10.0. The molecule has 1 aromatic carbocycles. The van der Waals surface area contributed by atoms with Crippen molar-refractivity contribution in [3.63, 3.8) is 0 Å². The van der Waals surface area contributed by atoms with Crippen LogP contribution in [0.15, 0.2) is 53.6 Å². The summed E-state index contributed by atoms with van der Waals surface area (Å²) in [6, 6.07) is 12.2. The smallest absolute Gasteiger partial charge is 0.251 e. The molecule has 8 heteroatoms. The number of fused-ring (bicyclic) bond motifs is 2. The van der Waals surface area contributed by atoms with Crippen LogP contribution in [0.25, 0.3) is 10.9 Å². The fourth-order valence-corrected chi connectivity index (χ4v) is 4.43. The summed E-state index contributed by atoms with van der Waals surface area (Å²) in [4.78, 5) is 19.0. The average molecular weight is 457 g/mol. The molecular weight excluding hydrogens is 428 g/mol. The third kappa shape index (κ3) is 5.06. The lowest BCUT2D eigenvalue weighted by Gasteiger charge is -2.32. The van der Waals surface area contributed by atoms with E-state index in [9.17, 15) is 4.79 Å². The van der Waals surface area contributed by atoms with Crippen molar-refractivity contribution in [1.29, 1.82) is 0 Å². The van der Waals surface area contributed by atoms with E-state index in [0.29, 0.717) is 25.8 Å². The van der Waals surface area contributed by atoms with Crippen LogP contribution >= 0.6 is 12.4 Å². The number of nitrogens with one attached hydrogen (secondary N) is 1. The van der Waals surface area contributed by atoms with Crippen LogP contribution in [0, 0.1) is 0 Å². The minimum absolute atomic E-state index is 0. The van der Waals surface area contributed by atoms with Crippen LogP contribution < -0.4 is 20.3 Å². The Kier molecular flexibility index (Phi) is 7.29. The lowest BCUT2D eigenvalue weighted by molar-refractivity contribution is 0.171. The van der Waals surface area contributed by atoms with Crippen molar-refractivity contribution in [2.24, 2.45) is 0 Å². The van der Waals surface area contributed by atoms with Crippen molar-refractivity contribution in [3.05, 3.63) is 64.7 Å². The lowest BCUT2D eigenvalue weighted by Crippen LogP contribution is -2.43. The molecule has 0 saturated carbocycles. The summed E-state index contributed by atoms with van der Waals surface area (Å²) in [6.07, 6.45) is 5.76. The van der Waals surface area contributed by atoms with Gasteiger partial charge in [-0.3, -0.25) is 9.78 Å². The molecule has 0 amide bonds. The van der Waals surface area contributed by atoms with Gasteiger partial charge >= 0.3 is 0 Å². The summed E-state index contributed by atoms with van der Waals surface area (Å²) in [5, 5.41) is 4.74. The van der Waals surface area contributed by atoms with E-state index in [1.807, 2.05) is 22.8 Å². The van der Waals surface area contributed by atoms with E-state index in [2.05, 4.69) is 27.3 Å². The highest BCUT2D eigenvalue weighted by Gasteiger charge is 2.19. The molecule has 5 rings (SSSR count). The van der Waals surface area contributed by atoms with Crippen molar-refractivity contribution in [2.75, 3.05) is 32.8 Å². The highest BCUT2D eigenvalue weighted by molar-refractivity contribution is 5.85. The number of hydrogen-bond acceptors (Lipinski definition) is 6. The number of hydrogen-bond donors (Lipinski definition) is 1. The second kappa shape index (κ2) is 10.3. The topological polar surface area (TPSA) is 68.6 Å². The first-order valence-corrected chi connectivity index (χ1v) is 11.0. The van der Waals surface area contributed by atoms with Gasteiger partial charge in [-0.2, -0.15) is 0 Å². The number of benzene rings is 1. The Balaban J connectivity index is 0.00000245. The van der Waals surface area contributed by atoms with Gasteiger partial charge in [0.1, 0.15) is 13.2 Å². The molecule has 1 N–H and O–H groups in total. The summed E-state index contributed by atoms with van der Waals surface area (Å²) in [7, 11) is 0. The number of halogens is 1. The maximum Gasteiger partial charge on any atom is 0.251 e. The fraction of sp³-hybridized carbons (Fsp3) is 0.417. The first kappa shape index (κ1) is 22.6. The molecule has 0 spiro atoms. The summed E-state index contributed by atoms with van der Waals surface area (Å²) < 4.78 is 13.1. The molecule has 0 atom stereocenters. The van der Waals surface area contributed by atoms with E-state index >= 15 is 0 Å². The fourth-order valence-electron chi connectivity index (χ4n) is 4.43. The van der Waals surface area contributed by atoms with Gasteiger partial charge in [0.2, 0.25) is 0 Å². The van der Waals surface area contributed by atoms with E-state index in [0.717, 1.165) is 61.4 Å². The number of piperidine rings is 1. The second-order valence-electron chi connectivity index (χ2n) is 8.23. The standard InChI is InChI=1S/C24H28N4O3.ClH/c29-24-4-2-19-5-8-25-17-21(19)28(24)12-11-27-9-6-20(7-10-27)26-16-18-1-3-22-23(15-18)31-14-13-30-22;/h1-5,8,15,17,20,26H,6-7,9-14,16H2;1H. The molecule has 3 aromatic rings. The zero-order chi connectivity index (χ0) is 21.0. The van der Waals surface area contributed by atoms with E-state index in [1.54, 1.807) is 18.5 Å². The van der Waals surface area contributed by atoms with Gasteiger partial charge in [0.25, 0.3) is 5.56 Å². The van der Waals surface area contributed by atoms with Gasteiger partial charge in [0.15, 0.2) is 11.5 Å². The van der Waals surface area contributed by atoms with Crippen molar-refractivity contribution >= 4 is 23.3 Å². The maximum atomic E-state index is 12.4. The summed E-state index contributed by atoms with van der Waals surface area (Å²) in [5.41, 5.74) is 2.16. The number of ether oxygens (including phenoxy) is 2. The zero-order valence-corrected chi connectivity index (χ0v) is 18.9. The molecular formula is C24H29ClN4O3. The molecule has 1 fully saturated rings. The highest BCUT2D eigenvalue weighted by atomic mass is 35.5. The number of rotatable bonds is 6. The van der Waals surface area contributed by atoms with E-state index < -0.39 is 0 Å². The molecule has 0 unspecified atom stereocenters. The molecule has 2 aliphatic rings. The SMILES string of the molecule is Cl.O=c1ccc2ccncc2n1CCN1CCC(NCc2ccc3c(c2)OCCO3)CC1. The largest absolute Gasteiger partial charge is 0.486 e. The molecule has 170 valence electrons. The van der Waals surface area contributed by atoms with Gasteiger partial charge in [-0.25, -0.2) is 0 Å². The van der Waals surface area contributed by atoms with Gasteiger partial charge in [-0.15, -0.1) is 12.4 Å². The van der Waals surface area contributed by atoms with Crippen LogP contribution in [0.4, 0.5) is 0 Å². The molecule has 7 nitrogen and oxygen atoms in total. The Labute approximate surface area is 193 Å². The molecule has 32 heavy (non-hydrogen) atoms. The maximum absolute atomic E-state index is 12.4. The van der Waals surface area contributed by atoms with Crippen LogP contribution in [0.1, 0.15) is 18.4 Å². The predicted molar refractivity (Wildman–Crippen MR) is 127 cm³/mol. The van der Waals surface area contributed by atoms with Gasteiger partial charge in [-0.05, 0) is 55.8 Å². The first-order valence-electron chi connectivity index (χ1n) is 11.0. The zero-order valence-electron chi connectivity index (χ0n) is 18.0. The normalized spacial score (nSPS) is 16.6. The van der Waals surface area contributed by atoms with Gasteiger partial charge in [0, 0.05) is 43.3 Å². The third-order valence-corrected chi connectivity index (χ3v) is 6.22.